The molecule has 0 spiro atoms. The Bertz CT molecular complexity index is 404. The Labute approximate surface area is 103 Å². The molecule has 0 bridgehead atoms. The highest BCUT2D eigenvalue weighted by Crippen LogP contribution is 2.19. The van der Waals surface area contributed by atoms with E-state index in [1.54, 1.807) is 12.1 Å². The number of ether oxygens (including phenoxy) is 1. The van der Waals surface area contributed by atoms with Gasteiger partial charge in [-0.25, -0.2) is 4.79 Å². The first-order chi connectivity index (χ1) is 8.06. The summed E-state index contributed by atoms with van der Waals surface area (Å²) < 4.78 is 5.36. The molecule has 92 valence electrons. The van der Waals surface area contributed by atoms with Gasteiger partial charge in [0.2, 0.25) is 0 Å². The monoisotopic (exact) mass is 232 g/mol. The highest BCUT2D eigenvalue weighted by Gasteiger charge is 2.11. The van der Waals surface area contributed by atoms with Crippen LogP contribution in [-0.2, 0) is 4.74 Å². The zero-order valence-corrected chi connectivity index (χ0v) is 11.0. The van der Waals surface area contributed by atoms with Gasteiger partial charge in [-0.1, -0.05) is 32.0 Å². The minimum atomic E-state index is -0.286. The summed E-state index contributed by atoms with van der Waals surface area (Å²) in [6.45, 7) is 8.12. The van der Waals surface area contributed by atoms with Crippen molar-refractivity contribution in [2.24, 2.45) is 5.92 Å². The molecule has 0 saturated carbocycles. The van der Waals surface area contributed by atoms with Gasteiger partial charge in [-0.3, -0.25) is 0 Å². The Hall–Kier alpha value is -1.57. The molecule has 0 saturated heterocycles. The number of carbonyl (C=O) groups is 1. The first-order valence-corrected chi connectivity index (χ1v) is 6.00. The first kappa shape index (κ1) is 13.5. The molecule has 1 aromatic carbocycles. The molecule has 1 aromatic rings. The van der Waals surface area contributed by atoms with E-state index in [0.29, 0.717) is 17.2 Å². The van der Waals surface area contributed by atoms with Gasteiger partial charge in [0.05, 0.1) is 5.56 Å². The molecule has 1 rings (SSSR count). The van der Waals surface area contributed by atoms with Crippen LogP contribution in [0.15, 0.2) is 41.7 Å². The molecule has 1 unspecified atom stereocenters. The highest BCUT2D eigenvalue weighted by atomic mass is 16.5. The van der Waals surface area contributed by atoms with Crippen molar-refractivity contribution in [3.8, 4) is 0 Å². The molecule has 2 nitrogen and oxygen atoms in total. The first-order valence-electron chi connectivity index (χ1n) is 6.00. The molecular weight excluding hydrogens is 212 g/mol. The fraction of sp³-hybridized carbons (Fsp3) is 0.400. The molecule has 0 amide bonds. The van der Waals surface area contributed by atoms with Gasteiger partial charge in [-0.2, -0.15) is 0 Å². The van der Waals surface area contributed by atoms with Gasteiger partial charge in [0.15, 0.2) is 0 Å². The fourth-order valence-electron chi connectivity index (χ4n) is 1.51. The molecule has 1 atom stereocenters. The molecular formula is C15H20O2. The van der Waals surface area contributed by atoms with E-state index >= 15 is 0 Å². The zero-order valence-electron chi connectivity index (χ0n) is 11.0. The number of hydrogen-bond acceptors (Lipinski definition) is 2. The Balaban J connectivity index is 2.76. The number of allylic oxidation sites excluding steroid dienone is 2. The van der Waals surface area contributed by atoms with Crippen LogP contribution in [-0.4, -0.2) is 5.97 Å². The highest BCUT2D eigenvalue weighted by molar-refractivity contribution is 5.89. The van der Waals surface area contributed by atoms with Crippen molar-refractivity contribution < 1.29 is 9.53 Å². The number of benzene rings is 1. The van der Waals surface area contributed by atoms with Gasteiger partial charge in [0.1, 0.15) is 5.76 Å². The minimum absolute atomic E-state index is 0.286. The van der Waals surface area contributed by atoms with Gasteiger partial charge in [-0.15, -0.1) is 0 Å². The third-order valence-electron chi connectivity index (χ3n) is 3.16. The Kier molecular flexibility index (Phi) is 4.95. The quantitative estimate of drug-likeness (QED) is 0.575. The molecule has 0 aliphatic rings. The summed E-state index contributed by atoms with van der Waals surface area (Å²) in [7, 11) is 0. The Morgan fingerprint density at radius 3 is 2.35 bits per heavy atom. The predicted octanol–water partition coefficient (Wildman–Crippen LogP) is 4.18. The molecule has 0 aliphatic carbocycles. The van der Waals surface area contributed by atoms with Crippen molar-refractivity contribution >= 4 is 5.97 Å². The van der Waals surface area contributed by atoms with E-state index in [2.05, 4.69) is 13.8 Å². The predicted molar refractivity (Wildman–Crippen MR) is 69.7 cm³/mol. The van der Waals surface area contributed by atoms with Crippen LogP contribution in [0, 0.1) is 5.92 Å². The van der Waals surface area contributed by atoms with Crippen LogP contribution < -0.4 is 0 Å². The number of esters is 1. The van der Waals surface area contributed by atoms with Crippen molar-refractivity contribution in [3.05, 3.63) is 47.2 Å². The molecule has 0 N–H and O–H groups in total. The lowest BCUT2D eigenvalue weighted by Crippen LogP contribution is -2.07. The van der Waals surface area contributed by atoms with Crippen LogP contribution in [0.5, 0.6) is 0 Å². The van der Waals surface area contributed by atoms with Crippen molar-refractivity contribution in [2.45, 2.75) is 34.1 Å². The van der Waals surface area contributed by atoms with Crippen molar-refractivity contribution in [3.63, 3.8) is 0 Å². The third kappa shape index (κ3) is 3.74. The summed E-state index contributed by atoms with van der Waals surface area (Å²) in [5.41, 5.74) is 1.72. The molecule has 0 radical (unpaired) electrons. The summed E-state index contributed by atoms with van der Waals surface area (Å²) in [6, 6.07) is 9.06. The molecule has 2 heteroatoms. The maximum atomic E-state index is 11.8. The number of hydrogen-bond donors (Lipinski definition) is 0. The topological polar surface area (TPSA) is 26.3 Å². The van der Waals surface area contributed by atoms with Gasteiger partial charge < -0.3 is 4.74 Å². The van der Waals surface area contributed by atoms with Crippen LogP contribution in [0.4, 0.5) is 0 Å². The lowest BCUT2D eigenvalue weighted by Gasteiger charge is -2.13. The van der Waals surface area contributed by atoms with E-state index in [0.717, 1.165) is 12.0 Å². The average Bonchev–Trinajstić information content (AvgIpc) is 2.37. The van der Waals surface area contributed by atoms with E-state index < -0.39 is 0 Å². The maximum absolute atomic E-state index is 11.8. The summed E-state index contributed by atoms with van der Waals surface area (Å²) in [4.78, 5) is 11.8. The van der Waals surface area contributed by atoms with Crippen LogP contribution in [0.3, 0.4) is 0 Å². The van der Waals surface area contributed by atoms with Crippen molar-refractivity contribution in [2.75, 3.05) is 0 Å². The second kappa shape index (κ2) is 6.24. The Morgan fingerprint density at radius 2 is 1.82 bits per heavy atom. The lowest BCUT2D eigenvalue weighted by atomic mass is 9.99. The van der Waals surface area contributed by atoms with E-state index in [1.807, 2.05) is 32.0 Å². The zero-order chi connectivity index (χ0) is 12.8. The largest absolute Gasteiger partial charge is 0.428 e. The fourth-order valence-corrected chi connectivity index (χ4v) is 1.51. The summed E-state index contributed by atoms with van der Waals surface area (Å²) >= 11 is 0. The average molecular weight is 232 g/mol. The van der Waals surface area contributed by atoms with Crippen LogP contribution in [0.2, 0.25) is 0 Å². The molecule has 17 heavy (non-hydrogen) atoms. The van der Waals surface area contributed by atoms with Crippen LogP contribution >= 0.6 is 0 Å². The summed E-state index contributed by atoms with van der Waals surface area (Å²) in [5.74, 6) is 0.873. The van der Waals surface area contributed by atoms with Gasteiger partial charge >= 0.3 is 5.97 Å². The SMILES string of the molecule is CCC(C)C(C)=C(C)OC(=O)c1ccccc1. The lowest BCUT2D eigenvalue weighted by molar-refractivity contribution is 0.0620. The normalized spacial score (nSPS) is 13.9. The van der Waals surface area contributed by atoms with E-state index in [9.17, 15) is 4.79 Å². The smallest absolute Gasteiger partial charge is 0.343 e. The summed E-state index contributed by atoms with van der Waals surface area (Å²) in [6.07, 6.45) is 1.05. The Morgan fingerprint density at radius 1 is 1.24 bits per heavy atom. The van der Waals surface area contributed by atoms with Gasteiger partial charge in [0, 0.05) is 0 Å². The minimum Gasteiger partial charge on any atom is -0.428 e. The second-order valence-electron chi connectivity index (χ2n) is 4.30. The van der Waals surface area contributed by atoms with Crippen LogP contribution in [0.25, 0.3) is 0 Å². The van der Waals surface area contributed by atoms with E-state index in [1.165, 1.54) is 0 Å². The van der Waals surface area contributed by atoms with E-state index in [4.69, 9.17) is 4.74 Å². The van der Waals surface area contributed by atoms with Gasteiger partial charge in [0.25, 0.3) is 0 Å². The van der Waals surface area contributed by atoms with Crippen LogP contribution in [0.1, 0.15) is 44.5 Å². The summed E-state index contributed by atoms with van der Waals surface area (Å²) in [5, 5.41) is 0. The maximum Gasteiger partial charge on any atom is 0.343 e. The van der Waals surface area contributed by atoms with Gasteiger partial charge in [-0.05, 0) is 43.9 Å². The van der Waals surface area contributed by atoms with Crippen molar-refractivity contribution in [1.82, 2.24) is 0 Å². The molecule has 0 aliphatic heterocycles. The second-order valence-corrected chi connectivity index (χ2v) is 4.30. The molecule has 0 heterocycles. The molecule has 0 aromatic heterocycles. The van der Waals surface area contributed by atoms with Crippen molar-refractivity contribution in [1.29, 1.82) is 0 Å². The van der Waals surface area contributed by atoms with E-state index in [-0.39, 0.29) is 5.97 Å². The number of rotatable bonds is 4. The number of carbonyl (C=O) groups excluding carboxylic acids is 1. The standard InChI is InChI=1S/C15H20O2/c1-5-11(2)12(3)13(4)17-15(16)14-9-7-6-8-10-14/h6-11H,5H2,1-4H3. The third-order valence-corrected chi connectivity index (χ3v) is 3.16. The molecule has 0 fully saturated rings.